The molecule has 2 heteroatoms. The van der Waals surface area contributed by atoms with Crippen LogP contribution in [0.2, 0.25) is 0 Å². The first kappa shape index (κ1) is 15.7. The summed E-state index contributed by atoms with van der Waals surface area (Å²) < 4.78 is 0. The van der Waals surface area contributed by atoms with Crippen LogP contribution in [0.3, 0.4) is 0 Å². The van der Waals surface area contributed by atoms with Crippen molar-refractivity contribution in [3.05, 3.63) is 11.6 Å². The molecular formula is C16H32N2. The van der Waals surface area contributed by atoms with E-state index in [1.807, 2.05) is 0 Å². The Morgan fingerprint density at radius 2 is 2.00 bits per heavy atom. The summed E-state index contributed by atoms with van der Waals surface area (Å²) in [7, 11) is 0. The molecule has 0 radical (unpaired) electrons. The van der Waals surface area contributed by atoms with Crippen molar-refractivity contribution in [2.24, 2.45) is 23.0 Å². The molecule has 0 spiro atoms. The third-order valence-electron chi connectivity index (χ3n) is 3.91. The van der Waals surface area contributed by atoms with Crippen molar-refractivity contribution < 1.29 is 0 Å². The van der Waals surface area contributed by atoms with Crippen molar-refractivity contribution >= 4 is 0 Å². The highest BCUT2D eigenvalue weighted by atomic mass is 15.1. The summed E-state index contributed by atoms with van der Waals surface area (Å²) in [6, 6.07) is 0. The molecule has 1 atom stereocenters. The monoisotopic (exact) mass is 252 g/mol. The molecule has 18 heavy (non-hydrogen) atoms. The summed E-state index contributed by atoms with van der Waals surface area (Å²) in [4.78, 5) is 2.56. The fourth-order valence-corrected chi connectivity index (χ4v) is 2.84. The van der Waals surface area contributed by atoms with Crippen molar-refractivity contribution in [1.82, 2.24) is 4.90 Å². The lowest BCUT2D eigenvalue weighted by atomic mass is 9.83. The van der Waals surface area contributed by atoms with Crippen molar-refractivity contribution in [3.8, 4) is 0 Å². The van der Waals surface area contributed by atoms with Crippen LogP contribution in [0, 0.1) is 17.3 Å². The number of nitrogens with two attached hydrogens (primary N) is 1. The largest absolute Gasteiger partial charge is 0.330 e. The van der Waals surface area contributed by atoms with Gasteiger partial charge >= 0.3 is 0 Å². The molecule has 0 amide bonds. The molecule has 1 rings (SSSR count). The third kappa shape index (κ3) is 5.11. The Bertz CT molecular complexity index is 273. The van der Waals surface area contributed by atoms with Gasteiger partial charge in [-0.15, -0.1) is 0 Å². The maximum atomic E-state index is 5.89. The highest BCUT2D eigenvalue weighted by molar-refractivity contribution is 5.14. The Hall–Kier alpha value is -0.340. The molecule has 1 unspecified atom stereocenters. The molecule has 1 aliphatic heterocycles. The first-order chi connectivity index (χ1) is 8.32. The van der Waals surface area contributed by atoms with Crippen molar-refractivity contribution in [2.75, 3.05) is 26.2 Å². The minimum absolute atomic E-state index is 0.345. The normalized spacial score (nSPS) is 20.1. The first-order valence-electron chi connectivity index (χ1n) is 7.45. The van der Waals surface area contributed by atoms with Gasteiger partial charge in [-0.25, -0.2) is 0 Å². The Kier molecular flexibility index (Phi) is 5.87. The van der Waals surface area contributed by atoms with Crippen LogP contribution in [-0.2, 0) is 0 Å². The van der Waals surface area contributed by atoms with Gasteiger partial charge in [-0.05, 0) is 36.6 Å². The minimum atomic E-state index is 0.345. The van der Waals surface area contributed by atoms with Gasteiger partial charge in [0.1, 0.15) is 0 Å². The Labute approximate surface area is 114 Å². The van der Waals surface area contributed by atoms with E-state index in [2.05, 4.69) is 45.6 Å². The summed E-state index contributed by atoms with van der Waals surface area (Å²) >= 11 is 0. The average Bonchev–Trinajstić information content (AvgIpc) is 2.27. The van der Waals surface area contributed by atoms with E-state index in [1.54, 1.807) is 5.57 Å². The molecule has 0 aromatic heterocycles. The molecule has 0 aromatic rings. The summed E-state index contributed by atoms with van der Waals surface area (Å²) in [5.41, 5.74) is 7.85. The molecule has 1 aliphatic rings. The standard InChI is InChI=1S/C16H32N2/c1-13(2)10-14(11-17)12-18-8-6-15(7-9-18)16(3,4)5/h6,13-14H,7-12,17H2,1-5H3. The zero-order valence-electron chi connectivity index (χ0n) is 13.0. The second kappa shape index (κ2) is 6.72. The van der Waals surface area contributed by atoms with E-state index in [9.17, 15) is 0 Å². The van der Waals surface area contributed by atoms with E-state index in [0.717, 1.165) is 19.0 Å². The van der Waals surface area contributed by atoms with Crippen LogP contribution in [0.5, 0.6) is 0 Å². The highest BCUT2D eigenvalue weighted by Crippen LogP contribution is 2.30. The van der Waals surface area contributed by atoms with Crippen LogP contribution in [0.4, 0.5) is 0 Å². The molecule has 106 valence electrons. The van der Waals surface area contributed by atoms with E-state index in [0.29, 0.717) is 11.3 Å². The van der Waals surface area contributed by atoms with Crippen molar-refractivity contribution in [2.45, 2.75) is 47.5 Å². The highest BCUT2D eigenvalue weighted by Gasteiger charge is 2.22. The second-order valence-electron chi connectivity index (χ2n) is 7.22. The molecule has 0 fully saturated rings. The van der Waals surface area contributed by atoms with E-state index < -0.39 is 0 Å². The predicted octanol–water partition coefficient (Wildman–Crippen LogP) is 3.29. The summed E-state index contributed by atoms with van der Waals surface area (Å²) in [5, 5.41) is 0. The van der Waals surface area contributed by atoms with Crippen molar-refractivity contribution in [1.29, 1.82) is 0 Å². The van der Waals surface area contributed by atoms with Gasteiger partial charge in [0.2, 0.25) is 0 Å². The van der Waals surface area contributed by atoms with Gasteiger partial charge in [0.15, 0.2) is 0 Å². The molecule has 0 aromatic carbocycles. The molecule has 2 N–H and O–H groups in total. The van der Waals surface area contributed by atoms with Crippen LogP contribution >= 0.6 is 0 Å². The lowest BCUT2D eigenvalue weighted by Gasteiger charge is -2.34. The molecule has 0 aliphatic carbocycles. The predicted molar refractivity (Wildman–Crippen MR) is 80.6 cm³/mol. The summed E-state index contributed by atoms with van der Waals surface area (Å²) in [6.45, 7) is 15.8. The van der Waals surface area contributed by atoms with E-state index >= 15 is 0 Å². The molecule has 0 saturated carbocycles. The van der Waals surface area contributed by atoms with Gasteiger partial charge in [0.25, 0.3) is 0 Å². The maximum absolute atomic E-state index is 5.89. The third-order valence-corrected chi connectivity index (χ3v) is 3.91. The SMILES string of the molecule is CC(C)CC(CN)CN1CC=C(C(C)(C)C)CC1. The lowest BCUT2D eigenvalue weighted by molar-refractivity contribution is 0.223. The molecule has 1 heterocycles. The fourth-order valence-electron chi connectivity index (χ4n) is 2.84. The number of hydrogen-bond donors (Lipinski definition) is 1. The summed E-state index contributed by atoms with van der Waals surface area (Å²) in [5.74, 6) is 1.42. The van der Waals surface area contributed by atoms with Gasteiger partial charge in [-0.2, -0.15) is 0 Å². The van der Waals surface area contributed by atoms with E-state index in [-0.39, 0.29) is 0 Å². The number of rotatable bonds is 5. The average molecular weight is 252 g/mol. The van der Waals surface area contributed by atoms with Crippen LogP contribution in [0.1, 0.15) is 47.5 Å². The number of nitrogens with zero attached hydrogens (tertiary/aromatic N) is 1. The fraction of sp³-hybridized carbons (Fsp3) is 0.875. The van der Waals surface area contributed by atoms with Crippen LogP contribution in [0.15, 0.2) is 11.6 Å². The van der Waals surface area contributed by atoms with Gasteiger partial charge in [-0.1, -0.05) is 46.3 Å². The van der Waals surface area contributed by atoms with Gasteiger partial charge in [0, 0.05) is 19.6 Å². The van der Waals surface area contributed by atoms with Gasteiger partial charge in [0.05, 0.1) is 0 Å². The van der Waals surface area contributed by atoms with Crippen LogP contribution < -0.4 is 5.73 Å². The number of hydrogen-bond acceptors (Lipinski definition) is 2. The zero-order valence-corrected chi connectivity index (χ0v) is 13.0. The van der Waals surface area contributed by atoms with Crippen LogP contribution in [0.25, 0.3) is 0 Å². The Balaban J connectivity index is 2.45. The van der Waals surface area contributed by atoms with Gasteiger partial charge in [-0.3, -0.25) is 4.90 Å². The zero-order chi connectivity index (χ0) is 13.8. The summed E-state index contributed by atoms with van der Waals surface area (Å²) in [6.07, 6.45) is 4.91. The topological polar surface area (TPSA) is 29.3 Å². The second-order valence-corrected chi connectivity index (χ2v) is 7.22. The van der Waals surface area contributed by atoms with Crippen LogP contribution in [-0.4, -0.2) is 31.1 Å². The molecule has 2 nitrogen and oxygen atoms in total. The maximum Gasteiger partial charge on any atom is 0.0166 e. The van der Waals surface area contributed by atoms with Crippen molar-refractivity contribution in [3.63, 3.8) is 0 Å². The molecule has 0 saturated heterocycles. The Morgan fingerprint density at radius 1 is 1.33 bits per heavy atom. The minimum Gasteiger partial charge on any atom is -0.330 e. The van der Waals surface area contributed by atoms with E-state index in [4.69, 9.17) is 5.73 Å². The smallest absolute Gasteiger partial charge is 0.0166 e. The first-order valence-corrected chi connectivity index (χ1v) is 7.45. The quantitative estimate of drug-likeness (QED) is 0.761. The molecule has 0 bridgehead atoms. The Morgan fingerprint density at radius 3 is 2.39 bits per heavy atom. The van der Waals surface area contributed by atoms with Gasteiger partial charge < -0.3 is 5.73 Å². The van der Waals surface area contributed by atoms with E-state index in [1.165, 1.54) is 25.9 Å². The lowest BCUT2D eigenvalue weighted by Crippen LogP contribution is -2.37. The molecular weight excluding hydrogens is 220 g/mol.